The molecule has 1 aromatic carbocycles. The summed E-state index contributed by atoms with van der Waals surface area (Å²) < 4.78 is 31.9. The highest BCUT2D eigenvalue weighted by Crippen LogP contribution is 2.22. The normalized spacial score (nSPS) is 17.4. The van der Waals surface area contributed by atoms with E-state index in [0.717, 1.165) is 25.1 Å². The average molecular weight is 298 g/mol. The molecule has 0 amide bonds. The standard InChI is InChI=1S/C14H22N2O3S/c1-3-15-12-4-6-14(7-5-12)20(17,18)16(2)13-8-10-19-11-9-13/h4-7,13,15H,3,8-11H2,1-2H3. The van der Waals surface area contributed by atoms with E-state index in [0.29, 0.717) is 18.1 Å². The number of benzene rings is 1. The summed E-state index contributed by atoms with van der Waals surface area (Å²) in [6.45, 7) is 4.07. The predicted molar refractivity (Wildman–Crippen MR) is 79.4 cm³/mol. The third kappa shape index (κ3) is 3.31. The summed E-state index contributed by atoms with van der Waals surface area (Å²) in [5, 5.41) is 3.15. The van der Waals surface area contributed by atoms with Gasteiger partial charge < -0.3 is 10.1 Å². The molecule has 112 valence electrons. The van der Waals surface area contributed by atoms with Crippen molar-refractivity contribution < 1.29 is 13.2 Å². The number of hydrogen-bond donors (Lipinski definition) is 1. The van der Waals surface area contributed by atoms with Crippen LogP contribution >= 0.6 is 0 Å². The number of rotatable bonds is 5. The van der Waals surface area contributed by atoms with Crippen molar-refractivity contribution in [3.05, 3.63) is 24.3 Å². The molecule has 5 nitrogen and oxygen atoms in total. The van der Waals surface area contributed by atoms with Gasteiger partial charge in [0.25, 0.3) is 0 Å². The van der Waals surface area contributed by atoms with Crippen LogP contribution in [0, 0.1) is 0 Å². The molecule has 0 bridgehead atoms. The van der Waals surface area contributed by atoms with Crippen LogP contribution in [0.5, 0.6) is 0 Å². The molecule has 6 heteroatoms. The minimum atomic E-state index is -3.42. The largest absolute Gasteiger partial charge is 0.385 e. The fourth-order valence-corrected chi connectivity index (χ4v) is 3.78. The van der Waals surface area contributed by atoms with Crippen LogP contribution in [-0.2, 0) is 14.8 Å². The van der Waals surface area contributed by atoms with E-state index < -0.39 is 10.0 Å². The first-order chi connectivity index (χ1) is 9.55. The van der Waals surface area contributed by atoms with E-state index >= 15 is 0 Å². The molecule has 1 aliphatic rings. The first-order valence-electron chi connectivity index (χ1n) is 6.95. The molecule has 1 aliphatic heterocycles. The second-order valence-electron chi connectivity index (χ2n) is 4.92. The fraction of sp³-hybridized carbons (Fsp3) is 0.571. The lowest BCUT2D eigenvalue weighted by molar-refractivity contribution is 0.0632. The Bertz CT molecular complexity index is 522. The third-order valence-corrected chi connectivity index (χ3v) is 5.54. The number of anilines is 1. The lowest BCUT2D eigenvalue weighted by atomic mass is 10.1. The minimum Gasteiger partial charge on any atom is -0.385 e. The molecular weight excluding hydrogens is 276 g/mol. The third-order valence-electron chi connectivity index (χ3n) is 3.62. The van der Waals surface area contributed by atoms with Gasteiger partial charge in [-0.05, 0) is 44.0 Å². The van der Waals surface area contributed by atoms with Crippen LogP contribution in [0.25, 0.3) is 0 Å². The van der Waals surface area contributed by atoms with Gasteiger partial charge in [0.15, 0.2) is 0 Å². The molecule has 1 heterocycles. The Hall–Kier alpha value is -1.11. The van der Waals surface area contributed by atoms with Gasteiger partial charge in [0.2, 0.25) is 10.0 Å². The maximum atomic E-state index is 12.6. The fourth-order valence-electron chi connectivity index (χ4n) is 2.36. The Morgan fingerprint density at radius 1 is 1.25 bits per heavy atom. The van der Waals surface area contributed by atoms with Crippen LogP contribution in [0.15, 0.2) is 29.2 Å². The molecule has 0 unspecified atom stereocenters. The van der Waals surface area contributed by atoms with E-state index in [1.54, 1.807) is 31.3 Å². The summed E-state index contributed by atoms with van der Waals surface area (Å²) in [6.07, 6.45) is 1.51. The van der Waals surface area contributed by atoms with Gasteiger partial charge in [-0.2, -0.15) is 4.31 Å². The first kappa shape index (κ1) is 15.3. The predicted octanol–water partition coefficient (Wildman–Crippen LogP) is 1.92. The van der Waals surface area contributed by atoms with Crippen LogP contribution in [0.2, 0.25) is 0 Å². The highest BCUT2D eigenvalue weighted by Gasteiger charge is 2.29. The molecule has 1 saturated heterocycles. The maximum Gasteiger partial charge on any atom is 0.243 e. The number of nitrogens with zero attached hydrogens (tertiary/aromatic N) is 1. The van der Waals surface area contributed by atoms with Crippen molar-refractivity contribution in [1.29, 1.82) is 0 Å². The molecule has 2 rings (SSSR count). The first-order valence-corrected chi connectivity index (χ1v) is 8.39. The van der Waals surface area contributed by atoms with Crippen molar-refractivity contribution >= 4 is 15.7 Å². The number of hydrogen-bond acceptors (Lipinski definition) is 4. The van der Waals surface area contributed by atoms with Crippen LogP contribution < -0.4 is 5.32 Å². The lowest BCUT2D eigenvalue weighted by Gasteiger charge is -2.30. The van der Waals surface area contributed by atoms with Gasteiger partial charge in [0.1, 0.15) is 0 Å². The van der Waals surface area contributed by atoms with E-state index in [1.165, 1.54) is 4.31 Å². The van der Waals surface area contributed by atoms with Gasteiger partial charge in [-0.1, -0.05) is 0 Å². The molecule has 1 N–H and O–H groups in total. The summed E-state index contributed by atoms with van der Waals surface area (Å²) in [7, 11) is -1.76. The summed E-state index contributed by atoms with van der Waals surface area (Å²) >= 11 is 0. The van der Waals surface area contributed by atoms with Crippen molar-refractivity contribution in [2.75, 3.05) is 32.1 Å². The van der Waals surface area contributed by atoms with Gasteiger partial charge in [-0.15, -0.1) is 0 Å². The van der Waals surface area contributed by atoms with Crippen LogP contribution in [0.4, 0.5) is 5.69 Å². The zero-order chi connectivity index (χ0) is 14.6. The summed E-state index contributed by atoms with van der Waals surface area (Å²) in [5.41, 5.74) is 0.931. The van der Waals surface area contributed by atoms with Crippen molar-refractivity contribution in [2.24, 2.45) is 0 Å². The molecule has 20 heavy (non-hydrogen) atoms. The Kier molecular flexibility index (Phi) is 5.01. The second-order valence-corrected chi connectivity index (χ2v) is 6.92. The van der Waals surface area contributed by atoms with Crippen LogP contribution in [-0.4, -0.2) is 45.6 Å². The molecular formula is C14H22N2O3S. The monoisotopic (exact) mass is 298 g/mol. The Balaban J connectivity index is 2.15. The zero-order valence-corrected chi connectivity index (χ0v) is 12.8. The molecule has 1 aromatic rings. The number of nitrogens with one attached hydrogen (secondary N) is 1. The zero-order valence-electron chi connectivity index (χ0n) is 12.0. The van der Waals surface area contributed by atoms with E-state index in [9.17, 15) is 8.42 Å². The van der Waals surface area contributed by atoms with E-state index in [4.69, 9.17) is 4.74 Å². The molecule has 1 fully saturated rings. The summed E-state index contributed by atoms with van der Waals surface area (Å²) in [5.74, 6) is 0. The van der Waals surface area contributed by atoms with Gasteiger partial charge in [-0.25, -0.2) is 8.42 Å². The van der Waals surface area contributed by atoms with Gasteiger partial charge in [0, 0.05) is 38.5 Å². The summed E-state index contributed by atoms with van der Waals surface area (Å²) in [6, 6.07) is 6.94. The van der Waals surface area contributed by atoms with E-state index in [2.05, 4.69) is 5.32 Å². The van der Waals surface area contributed by atoms with Gasteiger partial charge in [-0.3, -0.25) is 0 Å². The minimum absolute atomic E-state index is 0.0298. The number of sulfonamides is 1. The van der Waals surface area contributed by atoms with Crippen LogP contribution in [0.3, 0.4) is 0 Å². The quantitative estimate of drug-likeness (QED) is 0.902. The van der Waals surface area contributed by atoms with Crippen molar-refractivity contribution in [1.82, 2.24) is 4.31 Å². The van der Waals surface area contributed by atoms with E-state index in [-0.39, 0.29) is 6.04 Å². The Morgan fingerprint density at radius 2 is 1.85 bits per heavy atom. The van der Waals surface area contributed by atoms with E-state index in [1.807, 2.05) is 6.92 Å². The molecule has 0 atom stereocenters. The molecule has 0 aliphatic carbocycles. The molecule has 0 radical (unpaired) electrons. The summed E-state index contributed by atoms with van der Waals surface area (Å²) in [4.78, 5) is 0.341. The van der Waals surface area contributed by atoms with Crippen molar-refractivity contribution in [3.63, 3.8) is 0 Å². The number of ether oxygens (including phenoxy) is 1. The average Bonchev–Trinajstić information content (AvgIpc) is 2.48. The van der Waals surface area contributed by atoms with Crippen LogP contribution in [0.1, 0.15) is 19.8 Å². The molecule has 0 spiro atoms. The Labute approximate surface area is 121 Å². The van der Waals surface area contributed by atoms with Gasteiger partial charge in [0.05, 0.1) is 4.90 Å². The lowest BCUT2D eigenvalue weighted by Crippen LogP contribution is -2.40. The molecule has 0 aromatic heterocycles. The molecule has 0 saturated carbocycles. The highest BCUT2D eigenvalue weighted by atomic mass is 32.2. The topological polar surface area (TPSA) is 58.6 Å². The maximum absolute atomic E-state index is 12.6. The Morgan fingerprint density at radius 3 is 2.40 bits per heavy atom. The SMILES string of the molecule is CCNc1ccc(S(=O)(=O)N(C)C2CCOCC2)cc1. The van der Waals surface area contributed by atoms with Gasteiger partial charge >= 0.3 is 0 Å². The highest BCUT2D eigenvalue weighted by molar-refractivity contribution is 7.89. The smallest absolute Gasteiger partial charge is 0.243 e. The van der Waals surface area contributed by atoms with Crippen molar-refractivity contribution in [2.45, 2.75) is 30.7 Å². The second kappa shape index (κ2) is 6.56. The van der Waals surface area contributed by atoms with Crippen molar-refractivity contribution in [3.8, 4) is 0 Å².